The molecule has 2 N–H and O–H groups in total. The summed E-state index contributed by atoms with van der Waals surface area (Å²) >= 11 is 5.25. The molecule has 19 heavy (non-hydrogen) atoms. The molecule has 0 radical (unpaired) electrons. The van der Waals surface area contributed by atoms with Crippen molar-refractivity contribution in [2.75, 3.05) is 13.6 Å². The van der Waals surface area contributed by atoms with Crippen LogP contribution in [0.15, 0.2) is 28.4 Å². The molecule has 2 heterocycles. The predicted molar refractivity (Wildman–Crippen MR) is 83.2 cm³/mol. The van der Waals surface area contributed by atoms with E-state index in [0.29, 0.717) is 6.54 Å². The van der Waals surface area contributed by atoms with Crippen LogP contribution in [0.2, 0.25) is 0 Å². The second-order valence-electron chi connectivity index (χ2n) is 4.50. The first-order valence-corrected chi connectivity index (χ1v) is 7.96. The van der Waals surface area contributed by atoms with Gasteiger partial charge in [0.25, 0.3) is 0 Å². The lowest BCUT2D eigenvalue weighted by atomic mass is 10.2. The summed E-state index contributed by atoms with van der Waals surface area (Å²) in [5.41, 5.74) is 7.14. The van der Waals surface area contributed by atoms with Gasteiger partial charge in [-0.05, 0) is 36.0 Å². The van der Waals surface area contributed by atoms with Crippen molar-refractivity contribution in [2.45, 2.75) is 26.1 Å². The first kappa shape index (κ1) is 14.7. The maximum atomic E-state index is 5.96. The van der Waals surface area contributed by atoms with Crippen molar-refractivity contribution in [1.29, 1.82) is 0 Å². The Balaban J connectivity index is 2.13. The van der Waals surface area contributed by atoms with Crippen LogP contribution in [0.3, 0.4) is 0 Å². The van der Waals surface area contributed by atoms with Gasteiger partial charge in [-0.1, -0.05) is 0 Å². The molecule has 2 aromatic rings. The Morgan fingerprint density at radius 3 is 2.95 bits per heavy atom. The molecular weight excluding hydrogens is 324 g/mol. The van der Waals surface area contributed by atoms with Gasteiger partial charge in [-0.2, -0.15) is 0 Å². The largest absolute Gasteiger partial charge is 0.333 e. The molecule has 0 amide bonds. The highest BCUT2D eigenvalue weighted by molar-refractivity contribution is 9.10. The molecule has 0 spiro atoms. The van der Waals surface area contributed by atoms with E-state index >= 15 is 0 Å². The summed E-state index contributed by atoms with van der Waals surface area (Å²) in [6.07, 6.45) is 3.79. The first-order chi connectivity index (χ1) is 9.15. The van der Waals surface area contributed by atoms with E-state index in [2.05, 4.69) is 55.8 Å². The van der Waals surface area contributed by atoms with E-state index in [1.54, 1.807) is 11.3 Å². The Hall–Kier alpha value is -0.690. The van der Waals surface area contributed by atoms with E-state index in [1.807, 2.05) is 12.5 Å². The quantitative estimate of drug-likeness (QED) is 0.877. The lowest BCUT2D eigenvalue weighted by Gasteiger charge is -2.27. The van der Waals surface area contributed by atoms with Crippen molar-refractivity contribution in [1.82, 2.24) is 14.5 Å². The standard InChI is InChI=1S/C13H19BrN4S/c1-3-18-9-16-6-13(18)12(5-15)17(2)7-11-4-10(14)8-19-11/h4,6,8-9,12H,3,5,7,15H2,1-2H3. The summed E-state index contributed by atoms with van der Waals surface area (Å²) < 4.78 is 3.29. The van der Waals surface area contributed by atoms with Crippen LogP contribution >= 0.6 is 27.3 Å². The molecule has 2 rings (SSSR count). The highest BCUT2D eigenvalue weighted by Gasteiger charge is 2.19. The van der Waals surface area contributed by atoms with E-state index in [0.717, 1.165) is 17.6 Å². The van der Waals surface area contributed by atoms with E-state index in [-0.39, 0.29) is 6.04 Å². The SMILES string of the molecule is CCn1cncc1C(CN)N(C)Cc1cc(Br)cs1. The lowest BCUT2D eigenvalue weighted by molar-refractivity contribution is 0.234. The van der Waals surface area contributed by atoms with E-state index in [1.165, 1.54) is 10.6 Å². The van der Waals surface area contributed by atoms with E-state index in [4.69, 9.17) is 5.73 Å². The lowest BCUT2D eigenvalue weighted by Crippen LogP contribution is -2.31. The van der Waals surface area contributed by atoms with Crippen molar-refractivity contribution < 1.29 is 0 Å². The van der Waals surface area contributed by atoms with Crippen LogP contribution in [0, 0.1) is 0 Å². The third-order valence-corrected chi connectivity index (χ3v) is 4.89. The fourth-order valence-corrected chi connectivity index (χ4v) is 3.71. The zero-order valence-corrected chi connectivity index (χ0v) is 13.6. The Morgan fingerprint density at radius 1 is 1.58 bits per heavy atom. The summed E-state index contributed by atoms with van der Waals surface area (Å²) in [6, 6.07) is 2.36. The topological polar surface area (TPSA) is 47.1 Å². The third-order valence-electron chi connectivity index (χ3n) is 3.21. The van der Waals surface area contributed by atoms with Crippen LogP contribution in [0.5, 0.6) is 0 Å². The van der Waals surface area contributed by atoms with Gasteiger partial charge in [0, 0.05) is 40.6 Å². The molecule has 0 aromatic carbocycles. The normalized spacial score (nSPS) is 13.1. The number of likely N-dealkylation sites (N-methyl/N-ethyl adjacent to an activating group) is 1. The molecule has 0 bridgehead atoms. The number of nitrogens with two attached hydrogens (primary N) is 1. The molecular formula is C13H19BrN4S. The fraction of sp³-hybridized carbons (Fsp3) is 0.462. The maximum absolute atomic E-state index is 5.96. The van der Waals surface area contributed by atoms with Crippen LogP contribution in [-0.4, -0.2) is 28.0 Å². The molecule has 6 heteroatoms. The molecule has 1 atom stereocenters. The van der Waals surface area contributed by atoms with Crippen LogP contribution in [0.1, 0.15) is 23.5 Å². The number of aryl methyl sites for hydroxylation is 1. The number of imidazole rings is 1. The molecule has 1 unspecified atom stereocenters. The van der Waals surface area contributed by atoms with Gasteiger partial charge in [-0.25, -0.2) is 4.98 Å². The van der Waals surface area contributed by atoms with Gasteiger partial charge in [0.2, 0.25) is 0 Å². The van der Waals surface area contributed by atoms with Crippen molar-refractivity contribution in [3.05, 3.63) is 39.0 Å². The Labute approximate surface area is 126 Å². The monoisotopic (exact) mass is 342 g/mol. The number of thiophene rings is 1. The van der Waals surface area contributed by atoms with Gasteiger partial charge < -0.3 is 10.3 Å². The van der Waals surface area contributed by atoms with Crippen LogP contribution in [0.25, 0.3) is 0 Å². The molecule has 0 aliphatic carbocycles. The van der Waals surface area contributed by atoms with Crippen molar-refractivity contribution in [3.63, 3.8) is 0 Å². The summed E-state index contributed by atoms with van der Waals surface area (Å²) in [7, 11) is 2.11. The van der Waals surface area contributed by atoms with E-state index in [9.17, 15) is 0 Å². The average Bonchev–Trinajstić information content (AvgIpc) is 2.99. The van der Waals surface area contributed by atoms with Gasteiger partial charge in [0.1, 0.15) is 0 Å². The molecule has 104 valence electrons. The molecule has 0 saturated carbocycles. The number of rotatable bonds is 6. The molecule has 0 fully saturated rings. The van der Waals surface area contributed by atoms with Gasteiger partial charge >= 0.3 is 0 Å². The van der Waals surface area contributed by atoms with E-state index < -0.39 is 0 Å². The number of hydrogen-bond donors (Lipinski definition) is 1. The second kappa shape index (κ2) is 6.65. The zero-order chi connectivity index (χ0) is 13.8. The maximum Gasteiger partial charge on any atom is 0.0948 e. The highest BCUT2D eigenvalue weighted by atomic mass is 79.9. The van der Waals surface area contributed by atoms with Crippen molar-refractivity contribution in [2.24, 2.45) is 5.73 Å². The van der Waals surface area contributed by atoms with Gasteiger partial charge in [0.15, 0.2) is 0 Å². The number of halogens is 1. The Kier molecular flexibility index (Phi) is 5.15. The van der Waals surface area contributed by atoms with Crippen molar-refractivity contribution >= 4 is 27.3 Å². The first-order valence-electron chi connectivity index (χ1n) is 6.29. The minimum Gasteiger partial charge on any atom is -0.333 e. The summed E-state index contributed by atoms with van der Waals surface area (Å²) in [4.78, 5) is 7.84. The van der Waals surface area contributed by atoms with Crippen LogP contribution in [0.4, 0.5) is 0 Å². The number of hydrogen-bond acceptors (Lipinski definition) is 4. The molecule has 0 aliphatic rings. The second-order valence-corrected chi connectivity index (χ2v) is 6.41. The molecule has 4 nitrogen and oxygen atoms in total. The minimum atomic E-state index is 0.198. The van der Waals surface area contributed by atoms with Gasteiger partial charge in [-0.3, -0.25) is 4.90 Å². The van der Waals surface area contributed by atoms with Gasteiger partial charge in [0.05, 0.1) is 18.1 Å². The summed E-state index contributed by atoms with van der Waals surface area (Å²) in [5.74, 6) is 0. The third kappa shape index (κ3) is 3.45. The summed E-state index contributed by atoms with van der Waals surface area (Å²) in [5, 5.41) is 2.11. The highest BCUT2D eigenvalue weighted by Crippen LogP contribution is 2.25. The number of nitrogens with zero attached hydrogens (tertiary/aromatic N) is 3. The smallest absolute Gasteiger partial charge is 0.0948 e. The zero-order valence-electron chi connectivity index (χ0n) is 11.2. The Morgan fingerprint density at radius 2 is 2.37 bits per heavy atom. The van der Waals surface area contributed by atoms with Gasteiger partial charge in [-0.15, -0.1) is 11.3 Å². The molecule has 0 saturated heterocycles. The Bertz CT molecular complexity index is 522. The van der Waals surface area contributed by atoms with Crippen LogP contribution in [-0.2, 0) is 13.1 Å². The summed E-state index contributed by atoms with van der Waals surface area (Å²) in [6.45, 7) is 4.53. The number of aromatic nitrogens is 2. The predicted octanol–water partition coefficient (Wildman–Crippen LogP) is 2.86. The average molecular weight is 343 g/mol. The van der Waals surface area contributed by atoms with Crippen molar-refractivity contribution in [3.8, 4) is 0 Å². The molecule has 2 aromatic heterocycles. The van der Waals surface area contributed by atoms with Crippen LogP contribution < -0.4 is 5.73 Å². The minimum absolute atomic E-state index is 0.198. The molecule has 0 aliphatic heterocycles. The fourth-order valence-electron chi connectivity index (χ4n) is 2.19.